The Morgan fingerprint density at radius 1 is 0.843 bits per heavy atom. The number of anilines is 1. The number of ether oxygens (including phenoxy) is 4. The number of hydrogen-bond acceptors (Lipinski definition) is 11. The third kappa shape index (κ3) is 11.2. The van der Waals surface area contributed by atoms with Crippen molar-refractivity contribution in [1.29, 1.82) is 0 Å². The second-order valence-electron chi connectivity index (χ2n) is 26.6. The summed E-state index contributed by atoms with van der Waals surface area (Å²) in [5, 5.41) is 3.67. The number of halogens is 2. The maximum atomic E-state index is 18.5. The van der Waals surface area contributed by atoms with Crippen molar-refractivity contribution in [1.82, 2.24) is 24.8 Å². The van der Waals surface area contributed by atoms with Gasteiger partial charge in [0.25, 0.3) is 8.32 Å². The number of piperazine rings is 1. The molecule has 4 aliphatic rings. The third-order valence-corrected chi connectivity index (χ3v) is 29.6. The van der Waals surface area contributed by atoms with E-state index < -0.39 is 39.2 Å². The predicted molar refractivity (Wildman–Crippen MR) is 333 cm³/mol. The predicted octanol–water partition coefficient (Wildman–Crippen LogP) is 13.4. The molecule has 0 saturated carbocycles. The van der Waals surface area contributed by atoms with Crippen LogP contribution in [-0.4, -0.2) is 123 Å². The number of fused-ring (bicyclic) bond motifs is 5. The van der Waals surface area contributed by atoms with Gasteiger partial charge < -0.3 is 28.3 Å². The Hall–Kier alpha value is -6.23. The number of carbonyl (C=O) groups is 1. The third-order valence-electron chi connectivity index (χ3n) is 18.3. The molecule has 83 heavy (non-hydrogen) atoms. The van der Waals surface area contributed by atoms with Crippen molar-refractivity contribution < 1.29 is 36.9 Å². The van der Waals surface area contributed by atoms with Gasteiger partial charge in [0.15, 0.2) is 12.6 Å². The molecule has 440 valence electrons. The first-order chi connectivity index (χ1) is 39.4. The van der Waals surface area contributed by atoms with Gasteiger partial charge in [-0.1, -0.05) is 147 Å². The minimum Gasteiger partial charge on any atom is -0.468 e. The van der Waals surface area contributed by atoms with Gasteiger partial charge >= 0.3 is 12.1 Å². The molecule has 6 heterocycles. The number of hydrogen-bond donors (Lipinski definition) is 0. The van der Waals surface area contributed by atoms with Gasteiger partial charge in [-0.2, -0.15) is 9.97 Å². The van der Waals surface area contributed by atoms with E-state index in [1.54, 1.807) is 24.4 Å². The van der Waals surface area contributed by atoms with Crippen LogP contribution in [0, 0.1) is 23.1 Å². The maximum absolute atomic E-state index is 18.5. The number of nitrogens with zero attached hydrogens (tertiary/aromatic N) is 6. The summed E-state index contributed by atoms with van der Waals surface area (Å²) in [6.07, 6.45) is 5.24. The SMILES string of the molecule is C=C1CN2[C@H](CO[Si](c3ccccc3)(c3ccccc3)C(C)(C)C)CC[C@@]2(COc2nc(N3C[C@H]4CC[C@@H](C3)N4C(=O)OC(C)(C)C)c3cnc(-c4cc(OCOC)cc5ccc(F)c(C#C[Si](C(C)C)(C(C)C)C(C)C)c45)c(F)c3n2)C1. The zero-order valence-corrected chi connectivity index (χ0v) is 53.0. The molecule has 4 saturated heterocycles. The second kappa shape index (κ2) is 23.3. The number of benzene rings is 4. The van der Waals surface area contributed by atoms with Gasteiger partial charge in [0.1, 0.15) is 48.9 Å². The first-order valence-electron chi connectivity index (χ1n) is 29.8. The van der Waals surface area contributed by atoms with Crippen LogP contribution in [0.25, 0.3) is 32.9 Å². The van der Waals surface area contributed by atoms with Crippen molar-refractivity contribution >= 4 is 60.4 Å². The van der Waals surface area contributed by atoms with E-state index in [0.717, 1.165) is 31.3 Å². The van der Waals surface area contributed by atoms with E-state index in [9.17, 15) is 4.79 Å². The highest BCUT2D eigenvalue weighted by Gasteiger charge is 2.55. The minimum absolute atomic E-state index is 0.00337. The molecule has 6 aromatic rings. The average molecular weight is 1160 g/mol. The highest BCUT2D eigenvalue weighted by Crippen LogP contribution is 2.47. The lowest BCUT2D eigenvalue weighted by Gasteiger charge is -2.44. The van der Waals surface area contributed by atoms with Gasteiger partial charge in [-0.05, 0) is 108 Å². The Morgan fingerprint density at radius 3 is 2.07 bits per heavy atom. The van der Waals surface area contributed by atoms with Gasteiger partial charge in [-0.15, -0.1) is 5.54 Å². The molecule has 2 bridgehead atoms. The molecule has 4 aromatic carbocycles. The highest BCUT2D eigenvalue weighted by atomic mass is 28.4. The van der Waals surface area contributed by atoms with Crippen LogP contribution in [0.5, 0.6) is 11.8 Å². The fourth-order valence-electron chi connectivity index (χ4n) is 14.7. The fourth-order valence-corrected chi connectivity index (χ4v) is 24.5. The molecule has 0 radical (unpaired) electrons. The largest absolute Gasteiger partial charge is 0.468 e. The Balaban J connectivity index is 1.06. The standard InChI is InChI=1S/C67H84F2N6O6Si2/c1-43(2)82(44(3)4,45(5)6)32-30-54-57(68)28-25-47-33-51(79-42-77-14)34-55(58(47)54)60-59(69)61-56(36-70-60)62(73-38-48-26-27-49(39-73)75(48)64(76)81-65(8,9)10)72-63(71-61)78-41-67-31-29-50(74(67)37-46(7)35-67)40-80-83(66(11,12)13,52-21-17-15-18-22-52)53-23-19-16-20-24-53/h15-25,28,33-34,36,43-45,48-50H,7,26-27,29,31,35,37-42H2,1-6,8-14H3/t48-,49+,50-,67-/m0/s1. The Labute approximate surface area is 492 Å². The quantitative estimate of drug-likeness (QED) is 0.0400. The molecule has 2 aromatic heterocycles. The summed E-state index contributed by atoms with van der Waals surface area (Å²) in [6, 6.07) is 27.8. The molecule has 0 aliphatic carbocycles. The number of pyridine rings is 1. The van der Waals surface area contributed by atoms with Crippen LogP contribution in [0.3, 0.4) is 0 Å². The van der Waals surface area contributed by atoms with Gasteiger partial charge in [-0.25, -0.2) is 13.6 Å². The van der Waals surface area contributed by atoms with E-state index in [0.29, 0.717) is 82.6 Å². The number of rotatable bonds is 16. The van der Waals surface area contributed by atoms with E-state index in [1.165, 1.54) is 23.5 Å². The van der Waals surface area contributed by atoms with Crippen LogP contribution < -0.4 is 24.7 Å². The van der Waals surface area contributed by atoms with Crippen LogP contribution in [0.15, 0.2) is 103 Å². The summed E-state index contributed by atoms with van der Waals surface area (Å²) in [4.78, 5) is 35.3. The van der Waals surface area contributed by atoms with Crippen molar-refractivity contribution in [3.8, 4) is 34.5 Å². The maximum Gasteiger partial charge on any atom is 0.410 e. The first-order valence-corrected chi connectivity index (χ1v) is 33.9. The van der Waals surface area contributed by atoms with E-state index in [1.807, 2.05) is 25.7 Å². The smallest absolute Gasteiger partial charge is 0.410 e. The van der Waals surface area contributed by atoms with Crippen LogP contribution in [-0.2, 0) is 13.9 Å². The van der Waals surface area contributed by atoms with E-state index in [4.69, 9.17) is 38.3 Å². The number of aromatic nitrogens is 3. The van der Waals surface area contributed by atoms with Gasteiger partial charge in [0.05, 0.1) is 35.2 Å². The zero-order valence-electron chi connectivity index (χ0n) is 51.0. The summed E-state index contributed by atoms with van der Waals surface area (Å²) >= 11 is 0. The average Bonchev–Trinajstić information content (AvgIpc) is 4.26. The molecule has 0 spiro atoms. The van der Waals surface area contributed by atoms with Crippen molar-refractivity contribution in [2.75, 3.05) is 51.7 Å². The second-order valence-corrected chi connectivity index (χ2v) is 36.5. The summed E-state index contributed by atoms with van der Waals surface area (Å²) in [5.74, 6) is 2.99. The molecule has 10 rings (SSSR count). The molecule has 0 unspecified atom stereocenters. The summed E-state index contributed by atoms with van der Waals surface area (Å²) < 4.78 is 66.9. The lowest BCUT2D eigenvalue weighted by molar-refractivity contribution is 0.0122. The van der Waals surface area contributed by atoms with Crippen LogP contribution in [0.4, 0.5) is 19.4 Å². The normalized spacial score (nSPS) is 20.5. The number of carbonyl (C=O) groups excluding carboxylic acids is 1. The van der Waals surface area contributed by atoms with Crippen molar-refractivity contribution in [2.24, 2.45) is 0 Å². The molecule has 12 nitrogen and oxygen atoms in total. The molecular weight excluding hydrogens is 1080 g/mol. The summed E-state index contributed by atoms with van der Waals surface area (Å²) in [5.41, 5.74) is 5.02. The molecular formula is C67H84F2N6O6Si2. The van der Waals surface area contributed by atoms with Gasteiger partial charge in [0, 0.05) is 49.9 Å². The first kappa shape index (κ1) is 59.9. The Kier molecular flexibility index (Phi) is 16.8. The molecule has 4 aliphatic heterocycles. The van der Waals surface area contributed by atoms with E-state index in [2.05, 4.69) is 151 Å². The topological polar surface area (TPSA) is 112 Å². The molecule has 4 fully saturated rings. The van der Waals surface area contributed by atoms with E-state index in [-0.39, 0.29) is 65.4 Å². The number of amides is 1. The Morgan fingerprint density at radius 2 is 1.48 bits per heavy atom. The summed E-state index contributed by atoms with van der Waals surface area (Å²) in [7, 11) is -3.69. The minimum atomic E-state index is -2.85. The zero-order chi connectivity index (χ0) is 59.4. The molecule has 0 N–H and O–H groups in total. The van der Waals surface area contributed by atoms with Crippen LogP contribution >= 0.6 is 0 Å². The number of methoxy groups -OCH3 is 1. The van der Waals surface area contributed by atoms with Crippen molar-refractivity contribution in [2.45, 2.75) is 166 Å². The molecule has 1 amide bonds. The van der Waals surface area contributed by atoms with Crippen LogP contribution in [0.2, 0.25) is 21.7 Å². The van der Waals surface area contributed by atoms with Crippen molar-refractivity contribution in [3.63, 3.8) is 0 Å². The molecule has 4 atom stereocenters. The fraction of sp³-hybridized carbons (Fsp3) is 0.493. The van der Waals surface area contributed by atoms with Crippen LogP contribution in [0.1, 0.15) is 121 Å². The Bertz CT molecular complexity index is 3380. The monoisotopic (exact) mass is 1160 g/mol. The lowest BCUT2D eigenvalue weighted by Crippen LogP contribution is -2.67. The summed E-state index contributed by atoms with van der Waals surface area (Å²) in [6.45, 7) is 32.6. The van der Waals surface area contributed by atoms with Gasteiger partial charge in [-0.3, -0.25) is 14.8 Å². The highest BCUT2D eigenvalue weighted by molar-refractivity contribution is 6.99. The van der Waals surface area contributed by atoms with Gasteiger partial charge in [0.2, 0.25) is 0 Å². The lowest BCUT2D eigenvalue weighted by atomic mass is 9.94. The van der Waals surface area contributed by atoms with E-state index >= 15 is 8.78 Å². The molecule has 16 heteroatoms. The van der Waals surface area contributed by atoms with Crippen molar-refractivity contribution in [3.05, 3.63) is 120 Å².